The lowest BCUT2D eigenvalue weighted by Gasteiger charge is -2.45. The van der Waals surface area contributed by atoms with E-state index < -0.39 is 58.1 Å². The van der Waals surface area contributed by atoms with Crippen LogP contribution in [-0.4, -0.2) is 74.9 Å². The monoisotopic (exact) mass is 460 g/mol. The van der Waals surface area contributed by atoms with Gasteiger partial charge in [0, 0.05) is 17.8 Å². The average Bonchev–Trinajstić information content (AvgIpc) is 3.29. The number of carbonyl (C=O) groups is 5. The summed E-state index contributed by atoms with van der Waals surface area (Å²) in [7, 11) is 0. The molecule has 3 heterocycles. The molecule has 0 unspecified atom stereocenters. The largest absolute Gasteiger partial charge is 0.548 e. The Bertz CT molecular complexity index is 986. The van der Waals surface area contributed by atoms with Crippen molar-refractivity contribution < 1.29 is 29.1 Å². The number of urea groups is 2. The van der Waals surface area contributed by atoms with Crippen LogP contribution in [0.15, 0.2) is 30.3 Å². The van der Waals surface area contributed by atoms with Crippen molar-refractivity contribution in [3.05, 3.63) is 35.9 Å². The Morgan fingerprint density at radius 1 is 1.22 bits per heavy atom. The zero-order valence-electron chi connectivity index (χ0n) is 17.4. The van der Waals surface area contributed by atoms with E-state index in [4.69, 9.17) is 0 Å². The Balaban J connectivity index is 1.51. The Hall–Kier alpha value is -3.28. The van der Waals surface area contributed by atoms with Gasteiger partial charge in [0.1, 0.15) is 17.5 Å². The van der Waals surface area contributed by atoms with Crippen molar-refractivity contribution in [3.63, 3.8) is 0 Å². The molecule has 0 bridgehead atoms. The molecule has 3 aliphatic heterocycles. The molecule has 6 amide bonds. The van der Waals surface area contributed by atoms with E-state index in [0.717, 1.165) is 4.90 Å². The normalized spacial score (nSPS) is 26.6. The van der Waals surface area contributed by atoms with Gasteiger partial charge in [0.2, 0.25) is 11.8 Å². The van der Waals surface area contributed by atoms with Crippen molar-refractivity contribution in [2.75, 3.05) is 13.1 Å². The number of nitrogens with zero attached hydrogens (tertiary/aromatic N) is 2. The number of hydrogen-bond acceptors (Lipinski definition) is 7. The lowest BCUT2D eigenvalue weighted by atomic mass is 9.95. The molecule has 3 saturated heterocycles. The second-order valence-corrected chi connectivity index (χ2v) is 10.0. The molecule has 1 aromatic rings. The van der Waals surface area contributed by atoms with Gasteiger partial charge >= 0.3 is 12.1 Å². The van der Waals surface area contributed by atoms with E-state index >= 15 is 0 Å². The van der Waals surface area contributed by atoms with E-state index in [1.807, 2.05) is 0 Å². The third kappa shape index (κ3) is 3.64. The number of fused-ring (bicyclic) bond motifs is 1. The molecule has 170 valence electrons. The predicted molar refractivity (Wildman–Crippen MR) is 111 cm³/mol. The molecule has 0 radical (unpaired) electrons. The van der Waals surface area contributed by atoms with Crippen LogP contribution < -0.4 is 21.1 Å². The van der Waals surface area contributed by atoms with E-state index in [2.05, 4.69) is 16.0 Å². The van der Waals surface area contributed by atoms with Gasteiger partial charge in [-0.3, -0.25) is 9.59 Å². The number of aliphatic carboxylic acids is 1. The van der Waals surface area contributed by atoms with Crippen LogP contribution in [0.25, 0.3) is 0 Å². The van der Waals surface area contributed by atoms with E-state index in [1.54, 1.807) is 44.2 Å². The Kier molecular flexibility index (Phi) is 5.49. The molecule has 0 spiro atoms. The van der Waals surface area contributed by atoms with Crippen molar-refractivity contribution in [2.45, 2.75) is 42.1 Å². The second-order valence-electron chi connectivity index (χ2n) is 8.24. The van der Waals surface area contributed by atoms with Crippen molar-refractivity contribution in [1.29, 1.82) is 0 Å². The molecule has 0 aliphatic carbocycles. The number of carbonyl (C=O) groups excluding carboxylic acids is 5. The van der Waals surface area contributed by atoms with Crippen LogP contribution in [0.5, 0.6) is 0 Å². The van der Waals surface area contributed by atoms with Gasteiger partial charge in [-0.2, -0.15) is 0 Å². The molecule has 4 rings (SSSR count). The quantitative estimate of drug-likeness (QED) is 0.465. The van der Waals surface area contributed by atoms with Crippen LogP contribution in [-0.2, 0) is 14.4 Å². The molecular formula is C20H22N5O6S-. The molecule has 0 aromatic heterocycles. The van der Waals surface area contributed by atoms with Crippen molar-refractivity contribution >= 4 is 41.6 Å². The first-order valence-corrected chi connectivity index (χ1v) is 10.9. The summed E-state index contributed by atoms with van der Waals surface area (Å²) in [5.74, 6) is -2.51. The predicted octanol–water partition coefficient (Wildman–Crippen LogP) is -1.24. The summed E-state index contributed by atoms with van der Waals surface area (Å²) in [5, 5.41) is 18.7. The Morgan fingerprint density at radius 3 is 2.50 bits per heavy atom. The molecule has 3 N–H and O–H groups in total. The maximum absolute atomic E-state index is 13.1. The maximum Gasteiger partial charge on any atom is 0.326 e. The lowest BCUT2D eigenvalue weighted by Crippen LogP contribution is -2.72. The fourth-order valence-electron chi connectivity index (χ4n) is 4.18. The van der Waals surface area contributed by atoms with Crippen LogP contribution in [0.4, 0.5) is 9.59 Å². The summed E-state index contributed by atoms with van der Waals surface area (Å²) in [5.41, 5.74) is 0.466. The SMILES string of the molecule is CC1(C)S[C@@H]2[C@@H](NC(=O)[C@@H](NC(=O)N3CCNC3=O)c3ccccc3)C(=O)N2[C@@H]1C(=O)[O-]. The minimum Gasteiger partial charge on any atom is -0.548 e. The van der Waals surface area contributed by atoms with Crippen LogP contribution in [0.3, 0.4) is 0 Å². The molecular weight excluding hydrogens is 438 g/mol. The van der Waals surface area contributed by atoms with Crippen LogP contribution in [0, 0.1) is 0 Å². The molecule has 3 aliphatic rings. The number of nitrogens with one attached hydrogen (secondary N) is 3. The van der Waals surface area contributed by atoms with Gasteiger partial charge in [-0.05, 0) is 19.4 Å². The fraction of sp³-hybridized carbons (Fsp3) is 0.450. The lowest BCUT2D eigenvalue weighted by molar-refractivity contribution is -0.312. The highest BCUT2D eigenvalue weighted by Gasteiger charge is 2.62. The van der Waals surface area contributed by atoms with Gasteiger partial charge in [-0.25, -0.2) is 14.5 Å². The van der Waals surface area contributed by atoms with E-state index in [-0.39, 0.29) is 6.54 Å². The second kappa shape index (κ2) is 8.01. The van der Waals surface area contributed by atoms with E-state index in [0.29, 0.717) is 12.1 Å². The first-order chi connectivity index (χ1) is 15.1. The molecule has 0 saturated carbocycles. The summed E-state index contributed by atoms with van der Waals surface area (Å²) < 4.78 is -0.783. The van der Waals surface area contributed by atoms with Crippen molar-refractivity contribution in [1.82, 2.24) is 25.8 Å². The first kappa shape index (κ1) is 21.9. The van der Waals surface area contributed by atoms with Gasteiger partial charge in [-0.15, -0.1) is 11.8 Å². The third-order valence-corrected chi connectivity index (χ3v) is 7.30. The number of rotatable bonds is 5. The van der Waals surface area contributed by atoms with Gasteiger partial charge in [-0.1, -0.05) is 30.3 Å². The zero-order valence-corrected chi connectivity index (χ0v) is 18.2. The minimum absolute atomic E-state index is 0.169. The summed E-state index contributed by atoms with van der Waals surface area (Å²) in [6.07, 6.45) is 0. The number of hydrogen-bond donors (Lipinski definition) is 3. The number of β-lactam (4-membered cyclic amide) rings is 1. The number of carboxylic acids is 1. The molecule has 11 nitrogen and oxygen atoms in total. The summed E-state index contributed by atoms with van der Waals surface area (Å²) in [6, 6.07) is 3.93. The molecule has 32 heavy (non-hydrogen) atoms. The standard InChI is InChI=1S/C20H23N5O6S/c1-20(2)13(17(28)29)25-15(27)12(16(25)32-20)22-14(26)11(10-6-4-3-5-7-10)23-19(31)24-9-8-21-18(24)30/h3-7,11-13,16H,8-9H2,1-2H3,(H,21,30)(H,22,26)(H,23,31)(H,28,29)/p-1/t11-,12-,13+,16+/m0/s1. The fourth-order valence-corrected chi connectivity index (χ4v) is 5.80. The van der Waals surface area contributed by atoms with E-state index in [1.165, 1.54) is 16.7 Å². The van der Waals surface area contributed by atoms with Crippen molar-refractivity contribution in [2.24, 2.45) is 0 Å². The Labute approximate surface area is 187 Å². The maximum atomic E-state index is 13.1. The number of amides is 6. The number of imide groups is 1. The summed E-state index contributed by atoms with van der Waals surface area (Å²) >= 11 is 1.27. The summed E-state index contributed by atoms with van der Waals surface area (Å²) in [4.78, 5) is 63.9. The number of thioether (sulfide) groups is 1. The Morgan fingerprint density at radius 2 is 1.91 bits per heavy atom. The highest BCUT2D eigenvalue weighted by molar-refractivity contribution is 8.01. The van der Waals surface area contributed by atoms with Gasteiger partial charge in [0.15, 0.2) is 0 Å². The van der Waals surface area contributed by atoms with Crippen LogP contribution in [0.1, 0.15) is 25.5 Å². The average molecular weight is 460 g/mol. The molecule has 4 atom stereocenters. The third-order valence-electron chi connectivity index (χ3n) is 5.73. The first-order valence-electron chi connectivity index (χ1n) is 10.0. The van der Waals surface area contributed by atoms with Gasteiger partial charge in [0.25, 0.3) is 0 Å². The van der Waals surface area contributed by atoms with Gasteiger partial charge < -0.3 is 30.8 Å². The zero-order chi connectivity index (χ0) is 23.2. The molecule has 3 fully saturated rings. The number of carboxylic acid groups (broad SMARTS) is 1. The minimum atomic E-state index is -1.35. The summed E-state index contributed by atoms with van der Waals surface area (Å²) in [6.45, 7) is 3.89. The van der Waals surface area contributed by atoms with E-state index in [9.17, 15) is 29.1 Å². The van der Waals surface area contributed by atoms with Crippen LogP contribution >= 0.6 is 11.8 Å². The number of benzene rings is 1. The highest BCUT2D eigenvalue weighted by Crippen LogP contribution is 2.50. The molecule has 1 aromatic carbocycles. The van der Waals surface area contributed by atoms with Gasteiger partial charge in [0.05, 0.1) is 12.0 Å². The van der Waals surface area contributed by atoms with Crippen molar-refractivity contribution in [3.8, 4) is 0 Å². The van der Waals surface area contributed by atoms with Crippen LogP contribution in [0.2, 0.25) is 0 Å². The smallest absolute Gasteiger partial charge is 0.326 e. The topological polar surface area (TPSA) is 151 Å². The highest BCUT2D eigenvalue weighted by atomic mass is 32.2. The molecule has 12 heteroatoms.